The molecule has 0 fully saturated rings. The van der Waals surface area contributed by atoms with E-state index in [2.05, 4.69) is 0 Å². The third kappa shape index (κ3) is 2.41. The van der Waals surface area contributed by atoms with Crippen LogP contribution in [0.25, 0.3) is 6.08 Å². The van der Waals surface area contributed by atoms with Crippen molar-refractivity contribution in [1.29, 1.82) is 0 Å². The molecule has 148 valence electrons. The van der Waals surface area contributed by atoms with Gasteiger partial charge in [-0.25, -0.2) is 4.79 Å². The molecular weight excluding hydrogens is 361 g/mol. The maximum Gasteiger partial charge on any atom is 0.737 e. The molecule has 0 aromatic carbocycles. The number of aryl methyl sites for hydroxylation is 2. The van der Waals surface area contributed by atoms with Crippen molar-refractivity contribution in [2.75, 3.05) is 7.11 Å². The van der Waals surface area contributed by atoms with Crippen LogP contribution in [0.2, 0.25) is 0 Å². The fourth-order valence-electron chi connectivity index (χ4n) is 5.19. The summed E-state index contributed by atoms with van der Waals surface area (Å²) in [5.74, 6) is -0.576. The molecule has 1 aromatic rings. The number of hydrogen-bond donors (Lipinski definition) is 0. The van der Waals surface area contributed by atoms with Gasteiger partial charge in [0.25, 0.3) is 0 Å². The Morgan fingerprint density at radius 2 is 2.00 bits per heavy atom. The van der Waals surface area contributed by atoms with Crippen LogP contribution in [0.15, 0.2) is 34.6 Å². The molecule has 3 aliphatic rings. The van der Waals surface area contributed by atoms with Gasteiger partial charge in [-0.05, 0) is 57.4 Å². The lowest BCUT2D eigenvalue weighted by atomic mass is 9.79. The van der Waals surface area contributed by atoms with Gasteiger partial charge in [-0.2, -0.15) is 0 Å². The third-order valence-electron chi connectivity index (χ3n) is 6.37. The van der Waals surface area contributed by atoms with Crippen LogP contribution in [0.5, 0.6) is 0 Å². The first-order valence-electron chi connectivity index (χ1n) is 9.75. The van der Waals surface area contributed by atoms with Gasteiger partial charge < -0.3 is 22.3 Å². The molecule has 3 heterocycles. The summed E-state index contributed by atoms with van der Waals surface area (Å²) in [6, 6.07) is 1.80. The molecule has 28 heavy (non-hydrogen) atoms. The number of carbonyl (C=O) groups is 1. The molecule has 2 aliphatic heterocycles. The number of allylic oxidation sites excluding steroid dienone is 3. The van der Waals surface area contributed by atoms with Gasteiger partial charge in [0, 0.05) is 41.3 Å². The number of hydrogen-bond acceptors (Lipinski definition) is 2. The second-order valence-corrected chi connectivity index (χ2v) is 7.97. The lowest BCUT2D eigenvalue weighted by Gasteiger charge is -2.30. The minimum atomic E-state index is -3.99. The first kappa shape index (κ1) is 18.9. The molecular formula is C21H25BF2N2O2. The molecule has 0 radical (unpaired) electrons. The molecule has 7 heteroatoms. The van der Waals surface area contributed by atoms with Gasteiger partial charge in [0.15, 0.2) is 5.70 Å². The van der Waals surface area contributed by atoms with Crippen molar-refractivity contribution in [1.82, 2.24) is 4.48 Å². The number of methoxy groups -OCH3 is 1. The van der Waals surface area contributed by atoms with Crippen LogP contribution in [-0.4, -0.2) is 34.7 Å². The van der Waals surface area contributed by atoms with Crippen molar-refractivity contribution >= 4 is 24.7 Å². The van der Waals surface area contributed by atoms with Crippen molar-refractivity contribution in [3.05, 3.63) is 51.5 Å². The summed E-state index contributed by atoms with van der Waals surface area (Å²) in [7, 11) is 1.36. The van der Waals surface area contributed by atoms with E-state index in [1.165, 1.54) is 11.6 Å². The molecule has 0 saturated heterocycles. The topological polar surface area (TPSA) is 34.2 Å². The van der Waals surface area contributed by atoms with Crippen molar-refractivity contribution in [2.45, 2.75) is 47.0 Å². The van der Waals surface area contributed by atoms with Crippen LogP contribution >= 0.6 is 0 Å². The van der Waals surface area contributed by atoms with Gasteiger partial charge in [-0.15, -0.1) is 0 Å². The van der Waals surface area contributed by atoms with Crippen molar-refractivity contribution in [3.63, 3.8) is 0 Å². The maximum absolute atomic E-state index is 15.7. The second-order valence-electron chi connectivity index (χ2n) is 7.97. The largest absolute Gasteiger partial charge is 0.737 e. The van der Waals surface area contributed by atoms with Crippen molar-refractivity contribution < 1.29 is 22.6 Å². The Morgan fingerprint density at radius 3 is 2.68 bits per heavy atom. The number of fused-ring (bicyclic) bond motifs is 2. The van der Waals surface area contributed by atoms with Crippen LogP contribution in [0, 0.1) is 19.8 Å². The highest BCUT2D eigenvalue weighted by Crippen LogP contribution is 2.43. The highest BCUT2D eigenvalue weighted by atomic mass is 19.2. The fraction of sp³-hybridized carbons (Fsp3) is 0.429. The molecule has 0 amide bonds. The lowest BCUT2D eigenvalue weighted by Crippen LogP contribution is -2.50. The summed E-state index contributed by atoms with van der Waals surface area (Å²) in [5, 5.41) is 0. The van der Waals surface area contributed by atoms with Crippen LogP contribution in [0.4, 0.5) is 8.63 Å². The van der Waals surface area contributed by atoms with E-state index < -0.39 is 6.97 Å². The van der Waals surface area contributed by atoms with Crippen LogP contribution in [-0.2, 0) is 9.53 Å². The highest BCUT2D eigenvalue weighted by Gasteiger charge is 2.55. The van der Waals surface area contributed by atoms with E-state index in [4.69, 9.17) is 4.74 Å². The minimum absolute atomic E-state index is 0.208. The first-order chi connectivity index (χ1) is 13.2. The van der Waals surface area contributed by atoms with Gasteiger partial charge in [0.2, 0.25) is 0 Å². The average Bonchev–Trinajstić information content (AvgIpc) is 3.08. The van der Waals surface area contributed by atoms with E-state index in [0.29, 0.717) is 28.4 Å². The van der Waals surface area contributed by atoms with E-state index >= 15 is 8.63 Å². The maximum atomic E-state index is 15.7. The van der Waals surface area contributed by atoms with Gasteiger partial charge >= 0.3 is 12.9 Å². The van der Waals surface area contributed by atoms with Crippen LogP contribution in [0.3, 0.4) is 0 Å². The Bertz CT molecular complexity index is 1030. The summed E-state index contributed by atoms with van der Waals surface area (Å²) in [6.07, 6.45) is 6.25. The predicted octanol–water partition coefficient (Wildman–Crippen LogP) is 4.39. The third-order valence-corrected chi connectivity index (χ3v) is 6.37. The molecule has 1 aromatic heterocycles. The SMILES string of the molecule is COC(=O)C1=CCCCC1C1=C(C)C2=Cc3c(C)cc(C)n3[B-](F)(F)[N+]2=C1C. The first-order valence-corrected chi connectivity index (χ1v) is 9.75. The monoisotopic (exact) mass is 386 g/mol. The number of carbonyl (C=O) groups excluding carboxylic acids is 1. The zero-order valence-corrected chi connectivity index (χ0v) is 17.0. The molecule has 0 saturated carbocycles. The normalized spacial score (nSPS) is 23.3. The van der Waals surface area contributed by atoms with E-state index in [9.17, 15) is 4.79 Å². The Labute approximate surface area is 163 Å². The summed E-state index contributed by atoms with van der Waals surface area (Å²) < 4.78 is 38.7. The quantitative estimate of drug-likeness (QED) is 0.558. The summed E-state index contributed by atoms with van der Waals surface area (Å²) >= 11 is 0. The fourth-order valence-corrected chi connectivity index (χ4v) is 5.19. The van der Waals surface area contributed by atoms with Crippen LogP contribution < -0.4 is 0 Å². The van der Waals surface area contributed by atoms with Gasteiger partial charge in [-0.3, -0.25) is 0 Å². The number of rotatable bonds is 2. The average molecular weight is 386 g/mol. The minimum Gasteiger partial charge on any atom is -0.466 e. The van der Waals surface area contributed by atoms with Gasteiger partial charge in [0.1, 0.15) is 5.71 Å². The molecule has 0 N–H and O–H groups in total. The molecule has 1 aliphatic carbocycles. The molecule has 4 nitrogen and oxygen atoms in total. The zero-order chi connectivity index (χ0) is 20.4. The number of halogens is 2. The number of esters is 1. The van der Waals surface area contributed by atoms with Crippen molar-refractivity contribution in [2.24, 2.45) is 5.92 Å². The summed E-state index contributed by atoms with van der Waals surface area (Å²) in [5.41, 5.74) is 5.29. The molecule has 1 unspecified atom stereocenters. The van der Waals surface area contributed by atoms with Crippen LogP contribution in [0.1, 0.15) is 50.1 Å². The number of aromatic nitrogens is 1. The Balaban J connectivity index is 1.92. The Kier molecular flexibility index (Phi) is 4.25. The second kappa shape index (κ2) is 6.29. The molecule has 0 bridgehead atoms. The molecule has 1 atom stereocenters. The predicted molar refractivity (Wildman–Crippen MR) is 106 cm³/mol. The summed E-state index contributed by atoms with van der Waals surface area (Å²) in [4.78, 5) is 12.3. The van der Waals surface area contributed by atoms with E-state index in [-0.39, 0.29) is 11.9 Å². The highest BCUT2D eigenvalue weighted by molar-refractivity contribution is 6.58. The number of ether oxygens (including phenoxy) is 1. The Hall–Kier alpha value is -2.44. The smallest absolute Gasteiger partial charge is 0.466 e. The van der Waals surface area contributed by atoms with Gasteiger partial charge in [0.05, 0.1) is 7.11 Å². The zero-order valence-electron chi connectivity index (χ0n) is 17.0. The lowest BCUT2D eigenvalue weighted by molar-refractivity contribution is -0.363. The van der Waals surface area contributed by atoms with E-state index in [1.807, 2.05) is 26.0 Å². The number of nitrogens with zero attached hydrogens (tertiary/aromatic N) is 2. The van der Waals surface area contributed by atoms with Gasteiger partial charge in [-0.1, -0.05) is 6.08 Å². The van der Waals surface area contributed by atoms with Crippen molar-refractivity contribution in [3.8, 4) is 0 Å². The molecule has 4 rings (SSSR count). The summed E-state index contributed by atoms with van der Waals surface area (Å²) in [6.45, 7) is 3.22. The standard InChI is InChI=1S/C21H25BF2N2O2/c1-12-10-13(2)25-18(12)11-19-14(3)20(15(4)26(19)22(25,23)24)16-8-6-7-9-17(16)21(27)28-5/h9-11,16H,6-8H2,1-5H3. The molecule has 0 spiro atoms. The van der Waals surface area contributed by atoms with E-state index in [1.54, 1.807) is 19.9 Å². The Morgan fingerprint density at radius 1 is 1.29 bits per heavy atom. The van der Waals surface area contributed by atoms with E-state index in [0.717, 1.165) is 40.5 Å².